The topological polar surface area (TPSA) is 85.1 Å². The van der Waals surface area contributed by atoms with Crippen molar-refractivity contribution >= 4 is 28.9 Å². The van der Waals surface area contributed by atoms with Gasteiger partial charge in [-0.2, -0.15) is 4.39 Å². The van der Waals surface area contributed by atoms with Crippen LogP contribution in [0.2, 0.25) is 5.15 Å². The van der Waals surface area contributed by atoms with Gasteiger partial charge in [-0.1, -0.05) is 11.6 Å². The molecule has 108 valence electrons. The van der Waals surface area contributed by atoms with Crippen molar-refractivity contribution in [3.63, 3.8) is 0 Å². The van der Waals surface area contributed by atoms with Crippen molar-refractivity contribution in [3.05, 3.63) is 62.7 Å². The van der Waals surface area contributed by atoms with Gasteiger partial charge in [-0.05, 0) is 30.7 Å². The van der Waals surface area contributed by atoms with Gasteiger partial charge in [-0.3, -0.25) is 14.9 Å². The van der Waals surface area contributed by atoms with Gasteiger partial charge < -0.3 is 5.32 Å². The van der Waals surface area contributed by atoms with E-state index in [4.69, 9.17) is 11.6 Å². The highest BCUT2D eigenvalue weighted by atomic mass is 35.5. The average molecular weight is 310 g/mol. The Hall–Kier alpha value is -2.54. The third-order valence-electron chi connectivity index (χ3n) is 2.68. The highest BCUT2D eigenvalue weighted by Gasteiger charge is 2.17. The van der Waals surface area contributed by atoms with Crippen molar-refractivity contribution in [1.82, 2.24) is 4.98 Å². The summed E-state index contributed by atoms with van der Waals surface area (Å²) in [6.07, 6.45) is 1.35. The number of amides is 1. The van der Waals surface area contributed by atoms with Crippen LogP contribution in [0.4, 0.5) is 15.8 Å². The molecule has 0 spiro atoms. The number of hydrogen-bond donors (Lipinski definition) is 1. The molecule has 21 heavy (non-hydrogen) atoms. The van der Waals surface area contributed by atoms with E-state index in [0.29, 0.717) is 16.4 Å². The fraction of sp³-hybridized carbons (Fsp3) is 0.0769. The van der Waals surface area contributed by atoms with Crippen molar-refractivity contribution in [3.8, 4) is 0 Å². The van der Waals surface area contributed by atoms with Crippen molar-refractivity contribution in [2.45, 2.75) is 6.92 Å². The summed E-state index contributed by atoms with van der Waals surface area (Å²) in [5.74, 6) is -1.61. The quantitative estimate of drug-likeness (QED) is 0.535. The fourth-order valence-corrected chi connectivity index (χ4v) is 1.73. The Morgan fingerprint density at radius 2 is 2.14 bits per heavy atom. The van der Waals surface area contributed by atoms with E-state index in [0.717, 1.165) is 18.2 Å². The van der Waals surface area contributed by atoms with Crippen LogP contribution in [0, 0.1) is 22.9 Å². The molecular weight excluding hydrogens is 301 g/mol. The molecule has 6 nitrogen and oxygen atoms in total. The first-order chi connectivity index (χ1) is 9.88. The monoisotopic (exact) mass is 309 g/mol. The minimum Gasteiger partial charge on any atom is -0.321 e. The number of halogens is 2. The zero-order valence-electron chi connectivity index (χ0n) is 10.8. The van der Waals surface area contributed by atoms with E-state index in [9.17, 15) is 19.3 Å². The van der Waals surface area contributed by atoms with Crippen LogP contribution in [-0.2, 0) is 0 Å². The van der Waals surface area contributed by atoms with E-state index in [1.54, 1.807) is 13.0 Å². The molecule has 0 bridgehead atoms. The van der Waals surface area contributed by atoms with Crippen molar-refractivity contribution < 1.29 is 14.1 Å². The zero-order chi connectivity index (χ0) is 15.6. The number of aryl methyl sites for hydroxylation is 1. The van der Waals surface area contributed by atoms with E-state index in [2.05, 4.69) is 10.3 Å². The predicted octanol–water partition coefficient (Wildman–Crippen LogP) is 3.34. The van der Waals surface area contributed by atoms with Gasteiger partial charge in [-0.15, -0.1) is 0 Å². The summed E-state index contributed by atoms with van der Waals surface area (Å²) < 4.78 is 13.2. The number of nitro benzene ring substituents is 1. The molecule has 0 saturated heterocycles. The second-order valence-corrected chi connectivity index (χ2v) is 4.57. The highest BCUT2D eigenvalue weighted by Crippen LogP contribution is 2.20. The average Bonchev–Trinajstić information content (AvgIpc) is 2.43. The first-order valence-electron chi connectivity index (χ1n) is 5.76. The predicted molar refractivity (Wildman–Crippen MR) is 75.0 cm³/mol. The van der Waals surface area contributed by atoms with Crippen LogP contribution in [0.3, 0.4) is 0 Å². The molecule has 1 N–H and O–H groups in total. The summed E-state index contributed by atoms with van der Waals surface area (Å²) >= 11 is 5.77. The number of nitrogens with zero attached hydrogens (tertiary/aromatic N) is 2. The largest absolute Gasteiger partial charge is 0.321 e. The van der Waals surface area contributed by atoms with Gasteiger partial charge in [-0.25, -0.2) is 4.98 Å². The Labute approximate surface area is 123 Å². The molecule has 1 aromatic heterocycles. The smallest absolute Gasteiger partial charge is 0.305 e. The molecule has 0 aliphatic rings. The molecule has 2 aromatic rings. The van der Waals surface area contributed by atoms with Crippen LogP contribution in [0.1, 0.15) is 15.9 Å². The molecule has 1 heterocycles. The summed E-state index contributed by atoms with van der Waals surface area (Å²) in [6, 6.07) is 4.51. The van der Waals surface area contributed by atoms with Crippen molar-refractivity contribution in [2.24, 2.45) is 0 Å². The van der Waals surface area contributed by atoms with Crippen molar-refractivity contribution in [2.75, 3.05) is 5.32 Å². The number of carbonyl (C=O) groups excluding carboxylic acids is 1. The standard InChI is InChI=1S/C13H9ClFN3O3/c1-7-4-9(6-16-12(7)14)17-13(19)8-2-3-10(15)11(5-8)18(20)21/h2-6H,1H3,(H,17,19). The van der Waals surface area contributed by atoms with Crippen LogP contribution in [0.5, 0.6) is 0 Å². The Bertz CT molecular complexity index is 737. The number of aromatic nitrogens is 1. The number of hydrogen-bond acceptors (Lipinski definition) is 4. The van der Waals surface area contributed by atoms with E-state index in [1.165, 1.54) is 6.20 Å². The summed E-state index contributed by atoms with van der Waals surface area (Å²) in [7, 11) is 0. The number of rotatable bonds is 3. The molecule has 0 atom stereocenters. The van der Waals surface area contributed by atoms with E-state index < -0.39 is 22.3 Å². The number of pyridine rings is 1. The lowest BCUT2D eigenvalue weighted by Crippen LogP contribution is -2.13. The normalized spacial score (nSPS) is 10.2. The molecule has 0 fully saturated rings. The fourth-order valence-electron chi connectivity index (χ4n) is 1.62. The van der Waals surface area contributed by atoms with Crippen LogP contribution in [-0.4, -0.2) is 15.8 Å². The molecular formula is C13H9ClFN3O3. The minimum absolute atomic E-state index is 0.0318. The Kier molecular flexibility index (Phi) is 4.13. The molecule has 0 aliphatic heterocycles. The molecule has 1 aromatic carbocycles. The number of nitro groups is 1. The molecule has 0 saturated carbocycles. The molecule has 1 amide bonds. The Balaban J connectivity index is 2.26. The molecule has 0 aliphatic carbocycles. The molecule has 0 unspecified atom stereocenters. The van der Waals surface area contributed by atoms with Gasteiger partial charge >= 0.3 is 5.69 Å². The second-order valence-electron chi connectivity index (χ2n) is 4.21. The van der Waals surface area contributed by atoms with E-state index in [1.807, 2.05) is 0 Å². The maximum Gasteiger partial charge on any atom is 0.305 e. The first kappa shape index (κ1) is 14.9. The lowest BCUT2D eigenvalue weighted by atomic mass is 10.1. The summed E-state index contributed by atoms with van der Waals surface area (Å²) in [5, 5.41) is 13.5. The number of carbonyl (C=O) groups is 1. The summed E-state index contributed by atoms with van der Waals surface area (Å²) in [5.41, 5.74) is 0.261. The third-order valence-corrected chi connectivity index (χ3v) is 3.07. The Morgan fingerprint density at radius 1 is 1.43 bits per heavy atom. The van der Waals surface area contributed by atoms with Gasteiger partial charge in [0.15, 0.2) is 0 Å². The van der Waals surface area contributed by atoms with Crippen molar-refractivity contribution in [1.29, 1.82) is 0 Å². The first-order valence-corrected chi connectivity index (χ1v) is 6.13. The molecule has 0 radical (unpaired) electrons. The van der Waals surface area contributed by atoms with E-state index >= 15 is 0 Å². The van der Waals surface area contributed by atoms with Gasteiger partial charge in [0.2, 0.25) is 5.82 Å². The molecule has 2 rings (SSSR count). The minimum atomic E-state index is -0.999. The lowest BCUT2D eigenvalue weighted by Gasteiger charge is -2.06. The van der Waals surface area contributed by atoms with Crippen LogP contribution in [0.15, 0.2) is 30.5 Å². The van der Waals surface area contributed by atoms with Crippen LogP contribution in [0.25, 0.3) is 0 Å². The van der Waals surface area contributed by atoms with Gasteiger partial charge in [0.1, 0.15) is 5.15 Å². The molecule has 8 heteroatoms. The van der Waals surface area contributed by atoms with Gasteiger partial charge in [0.25, 0.3) is 5.91 Å². The van der Waals surface area contributed by atoms with E-state index in [-0.39, 0.29) is 5.56 Å². The number of anilines is 1. The SMILES string of the molecule is Cc1cc(NC(=O)c2ccc(F)c([N+](=O)[O-])c2)cnc1Cl. The maximum atomic E-state index is 13.2. The van der Waals surface area contributed by atoms with Crippen LogP contribution < -0.4 is 5.32 Å². The van der Waals surface area contributed by atoms with Gasteiger partial charge in [0.05, 0.1) is 16.8 Å². The van der Waals surface area contributed by atoms with Gasteiger partial charge in [0, 0.05) is 11.6 Å². The second kappa shape index (κ2) is 5.84. The summed E-state index contributed by atoms with van der Waals surface area (Å²) in [4.78, 5) is 25.6. The number of benzene rings is 1. The van der Waals surface area contributed by atoms with Crippen LogP contribution >= 0.6 is 11.6 Å². The highest BCUT2D eigenvalue weighted by molar-refractivity contribution is 6.30. The maximum absolute atomic E-state index is 13.2. The lowest BCUT2D eigenvalue weighted by molar-refractivity contribution is -0.387. The third kappa shape index (κ3) is 3.32. The number of nitrogens with one attached hydrogen (secondary N) is 1. The zero-order valence-corrected chi connectivity index (χ0v) is 11.5. The Morgan fingerprint density at radius 3 is 2.76 bits per heavy atom. The summed E-state index contributed by atoms with van der Waals surface area (Å²) in [6.45, 7) is 1.72.